The lowest BCUT2D eigenvalue weighted by Gasteiger charge is -2.33. The first-order valence-electron chi connectivity index (χ1n) is 3.97. The lowest BCUT2D eigenvalue weighted by atomic mass is 10.1. The fourth-order valence-electron chi connectivity index (χ4n) is 1.54. The molecule has 1 fully saturated rings. The van der Waals surface area contributed by atoms with Crippen molar-refractivity contribution in [3.8, 4) is 0 Å². The molecule has 56 valence electrons. The van der Waals surface area contributed by atoms with Crippen molar-refractivity contribution in [1.29, 1.82) is 0 Å². The Bertz CT molecular complexity index is 122. The summed E-state index contributed by atoms with van der Waals surface area (Å²) in [7, 11) is 0. The van der Waals surface area contributed by atoms with Crippen LogP contribution in [0.4, 0.5) is 0 Å². The maximum Gasteiger partial charge on any atom is 0.0931 e. The minimum Gasteiger partial charge on any atom is -0.272 e. The number of hydrogen-bond donors (Lipinski definition) is 0. The Morgan fingerprint density at radius 1 is 0.900 bits per heavy atom. The highest BCUT2D eigenvalue weighted by Crippen LogP contribution is 2.19. The van der Waals surface area contributed by atoms with Crippen molar-refractivity contribution in [2.45, 2.75) is 19.3 Å². The van der Waals surface area contributed by atoms with Gasteiger partial charge in [-0.05, 0) is 32.4 Å². The summed E-state index contributed by atoms with van der Waals surface area (Å²) in [6.45, 7) is 10.1. The Morgan fingerprint density at radius 2 is 1.40 bits per heavy atom. The predicted molar refractivity (Wildman–Crippen MR) is 44.2 cm³/mol. The first-order valence-corrected chi connectivity index (χ1v) is 3.97. The highest BCUT2D eigenvalue weighted by Gasteiger charge is 2.23. The molecule has 0 N–H and O–H groups in total. The van der Waals surface area contributed by atoms with Gasteiger partial charge in [0.25, 0.3) is 0 Å². The van der Waals surface area contributed by atoms with Crippen molar-refractivity contribution >= 4 is 0 Å². The standard InChI is InChI=1S/C9H16N/c1-3-10(4-2)8-6-5-7-9-10/h3-4H,1-2,5-9H2/q+1. The Kier molecular flexibility index (Phi) is 2.28. The van der Waals surface area contributed by atoms with E-state index in [1.807, 2.05) is 12.4 Å². The molecule has 0 atom stereocenters. The third-order valence-electron chi connectivity index (χ3n) is 2.38. The third kappa shape index (κ3) is 1.29. The molecule has 0 radical (unpaired) electrons. The van der Waals surface area contributed by atoms with Crippen molar-refractivity contribution in [3.63, 3.8) is 0 Å². The van der Waals surface area contributed by atoms with Gasteiger partial charge in [0.1, 0.15) is 0 Å². The zero-order chi connectivity index (χ0) is 7.45. The van der Waals surface area contributed by atoms with Gasteiger partial charge in [-0.15, -0.1) is 0 Å². The van der Waals surface area contributed by atoms with Gasteiger partial charge in [-0.1, -0.05) is 0 Å². The Labute approximate surface area is 63.2 Å². The first-order chi connectivity index (χ1) is 4.83. The number of hydrogen-bond acceptors (Lipinski definition) is 0. The monoisotopic (exact) mass is 138 g/mol. The number of nitrogens with zero attached hydrogens (tertiary/aromatic N) is 1. The fraction of sp³-hybridized carbons (Fsp3) is 0.556. The summed E-state index contributed by atoms with van der Waals surface area (Å²) < 4.78 is 0.917. The number of piperidine rings is 1. The average Bonchev–Trinajstić information content (AvgIpc) is 2.06. The van der Waals surface area contributed by atoms with Crippen molar-refractivity contribution in [2.75, 3.05) is 13.1 Å². The van der Waals surface area contributed by atoms with Crippen LogP contribution in [0.1, 0.15) is 19.3 Å². The van der Waals surface area contributed by atoms with Gasteiger partial charge in [0, 0.05) is 0 Å². The number of likely N-dealkylation sites (tertiary alicyclic amines) is 1. The summed E-state index contributed by atoms with van der Waals surface area (Å²) in [5.74, 6) is 0. The van der Waals surface area contributed by atoms with E-state index in [9.17, 15) is 0 Å². The van der Waals surface area contributed by atoms with Crippen LogP contribution in [-0.2, 0) is 0 Å². The smallest absolute Gasteiger partial charge is 0.0931 e. The summed E-state index contributed by atoms with van der Waals surface area (Å²) in [5, 5.41) is 0. The van der Waals surface area contributed by atoms with E-state index < -0.39 is 0 Å². The summed E-state index contributed by atoms with van der Waals surface area (Å²) >= 11 is 0. The van der Waals surface area contributed by atoms with Crippen molar-refractivity contribution in [2.24, 2.45) is 0 Å². The molecule has 1 nitrogen and oxygen atoms in total. The lowest BCUT2D eigenvalue weighted by molar-refractivity contribution is -0.832. The summed E-state index contributed by atoms with van der Waals surface area (Å²) in [5.41, 5.74) is 0. The molecule has 0 unspecified atom stereocenters. The molecule has 0 spiro atoms. The molecule has 1 heterocycles. The van der Waals surface area contributed by atoms with Crippen LogP contribution in [0.15, 0.2) is 25.6 Å². The predicted octanol–water partition coefficient (Wildman–Crippen LogP) is 2.27. The van der Waals surface area contributed by atoms with Crippen LogP contribution in [0.2, 0.25) is 0 Å². The molecule has 1 saturated heterocycles. The molecule has 0 aromatic carbocycles. The molecule has 0 saturated carbocycles. The van der Waals surface area contributed by atoms with E-state index in [2.05, 4.69) is 13.2 Å². The third-order valence-corrected chi connectivity index (χ3v) is 2.38. The quantitative estimate of drug-likeness (QED) is 0.513. The normalized spacial score (nSPS) is 23.6. The Morgan fingerprint density at radius 3 is 1.70 bits per heavy atom. The molecule has 0 aromatic heterocycles. The summed E-state index contributed by atoms with van der Waals surface area (Å²) in [6, 6.07) is 0. The van der Waals surface area contributed by atoms with Crippen LogP contribution >= 0.6 is 0 Å². The maximum atomic E-state index is 3.83. The van der Waals surface area contributed by atoms with E-state index in [0.717, 1.165) is 4.48 Å². The second-order valence-electron chi connectivity index (χ2n) is 2.98. The van der Waals surface area contributed by atoms with Gasteiger partial charge in [-0.25, -0.2) is 0 Å². The van der Waals surface area contributed by atoms with E-state index in [1.54, 1.807) is 0 Å². The minimum absolute atomic E-state index is 0.917. The molecular formula is C9H16N+. The van der Waals surface area contributed by atoms with E-state index in [-0.39, 0.29) is 0 Å². The molecular weight excluding hydrogens is 122 g/mol. The Hall–Kier alpha value is -0.560. The largest absolute Gasteiger partial charge is 0.272 e. The van der Waals surface area contributed by atoms with Crippen LogP contribution in [0, 0.1) is 0 Å². The van der Waals surface area contributed by atoms with Crippen molar-refractivity contribution < 1.29 is 4.48 Å². The molecule has 1 aliphatic rings. The van der Waals surface area contributed by atoms with Crippen LogP contribution in [0.3, 0.4) is 0 Å². The van der Waals surface area contributed by atoms with E-state index in [1.165, 1.54) is 32.4 Å². The molecule has 1 aliphatic heterocycles. The molecule has 10 heavy (non-hydrogen) atoms. The van der Waals surface area contributed by atoms with E-state index in [0.29, 0.717) is 0 Å². The van der Waals surface area contributed by atoms with Gasteiger partial charge >= 0.3 is 0 Å². The Balaban J connectivity index is 2.60. The van der Waals surface area contributed by atoms with Gasteiger partial charge in [0.15, 0.2) is 0 Å². The SMILES string of the molecule is C=C[N+]1(C=C)CCCCC1. The lowest BCUT2D eigenvalue weighted by Crippen LogP contribution is -2.41. The van der Waals surface area contributed by atoms with Gasteiger partial charge in [-0.2, -0.15) is 0 Å². The van der Waals surface area contributed by atoms with Crippen LogP contribution in [-0.4, -0.2) is 17.6 Å². The average molecular weight is 138 g/mol. The summed E-state index contributed by atoms with van der Waals surface area (Å²) in [6.07, 6.45) is 8.02. The van der Waals surface area contributed by atoms with Crippen LogP contribution < -0.4 is 0 Å². The van der Waals surface area contributed by atoms with Gasteiger partial charge in [-0.3, -0.25) is 4.48 Å². The van der Waals surface area contributed by atoms with Crippen LogP contribution in [0.5, 0.6) is 0 Å². The van der Waals surface area contributed by atoms with Gasteiger partial charge < -0.3 is 0 Å². The highest BCUT2D eigenvalue weighted by molar-refractivity contribution is 4.69. The molecule has 0 amide bonds. The van der Waals surface area contributed by atoms with Crippen molar-refractivity contribution in [3.05, 3.63) is 25.6 Å². The second-order valence-corrected chi connectivity index (χ2v) is 2.98. The number of rotatable bonds is 2. The van der Waals surface area contributed by atoms with Crippen molar-refractivity contribution in [1.82, 2.24) is 0 Å². The molecule has 0 aromatic rings. The highest BCUT2D eigenvalue weighted by atomic mass is 15.3. The molecule has 1 heteroatoms. The summed E-state index contributed by atoms with van der Waals surface area (Å²) in [4.78, 5) is 0. The molecule has 0 bridgehead atoms. The topological polar surface area (TPSA) is 0 Å². The van der Waals surface area contributed by atoms with Gasteiger partial charge in [0.05, 0.1) is 25.5 Å². The fourth-order valence-corrected chi connectivity index (χ4v) is 1.54. The van der Waals surface area contributed by atoms with Crippen LogP contribution in [0.25, 0.3) is 0 Å². The minimum atomic E-state index is 0.917. The molecule has 1 rings (SSSR count). The zero-order valence-corrected chi connectivity index (χ0v) is 6.55. The number of quaternary nitrogens is 1. The first kappa shape index (κ1) is 7.55. The molecule has 0 aliphatic carbocycles. The van der Waals surface area contributed by atoms with E-state index >= 15 is 0 Å². The van der Waals surface area contributed by atoms with Gasteiger partial charge in [0.2, 0.25) is 0 Å². The second kappa shape index (κ2) is 3.02. The van der Waals surface area contributed by atoms with E-state index in [4.69, 9.17) is 0 Å². The zero-order valence-electron chi connectivity index (χ0n) is 6.55. The maximum absolute atomic E-state index is 3.83.